The highest BCUT2D eigenvalue weighted by molar-refractivity contribution is 5.84. The van der Waals surface area contributed by atoms with Crippen LogP contribution in [0.4, 0.5) is 0 Å². The van der Waals surface area contributed by atoms with Crippen molar-refractivity contribution in [3.63, 3.8) is 0 Å². The third kappa shape index (κ3) is 2.99. The van der Waals surface area contributed by atoms with Crippen LogP contribution in [-0.4, -0.2) is 60.5 Å². The molecular formula is C13H25N3O. The molecule has 0 bridgehead atoms. The van der Waals surface area contributed by atoms with Gasteiger partial charge in [-0.3, -0.25) is 4.79 Å². The molecule has 98 valence electrons. The Bertz CT molecular complexity index is 297. The number of carbonyl (C=O) groups is 1. The van der Waals surface area contributed by atoms with E-state index in [0.717, 1.165) is 19.5 Å². The van der Waals surface area contributed by atoms with Gasteiger partial charge in [0.25, 0.3) is 0 Å². The molecule has 1 aliphatic heterocycles. The molecule has 0 aromatic carbocycles. The smallest absolute Gasteiger partial charge is 0.239 e. The molecule has 1 amide bonds. The molecule has 1 atom stereocenters. The van der Waals surface area contributed by atoms with Crippen LogP contribution in [-0.2, 0) is 4.79 Å². The third-order valence-electron chi connectivity index (χ3n) is 4.10. The molecule has 17 heavy (non-hydrogen) atoms. The lowest BCUT2D eigenvalue weighted by atomic mass is 10.0. The molecule has 1 heterocycles. The van der Waals surface area contributed by atoms with Crippen LogP contribution in [0.5, 0.6) is 0 Å². The van der Waals surface area contributed by atoms with Gasteiger partial charge in [0.2, 0.25) is 5.91 Å². The second-order valence-electron chi connectivity index (χ2n) is 6.25. The molecule has 1 saturated heterocycles. The van der Waals surface area contributed by atoms with Crippen molar-refractivity contribution in [3.05, 3.63) is 0 Å². The Morgan fingerprint density at radius 2 is 2.00 bits per heavy atom. The maximum absolute atomic E-state index is 12.2. The van der Waals surface area contributed by atoms with Crippen LogP contribution in [0, 0.1) is 0 Å². The minimum absolute atomic E-state index is 0.0458. The number of amides is 1. The second-order valence-corrected chi connectivity index (χ2v) is 6.25. The fourth-order valence-electron chi connectivity index (χ4n) is 2.19. The fraction of sp³-hybridized carbons (Fsp3) is 0.923. The first-order valence-electron chi connectivity index (χ1n) is 6.62. The van der Waals surface area contributed by atoms with Crippen LogP contribution in [0.25, 0.3) is 0 Å². The van der Waals surface area contributed by atoms with Crippen molar-refractivity contribution in [2.45, 2.75) is 50.7 Å². The zero-order valence-corrected chi connectivity index (χ0v) is 11.5. The van der Waals surface area contributed by atoms with Gasteiger partial charge >= 0.3 is 0 Å². The molecule has 4 heteroatoms. The topological polar surface area (TPSA) is 35.6 Å². The van der Waals surface area contributed by atoms with Crippen molar-refractivity contribution in [2.75, 3.05) is 27.2 Å². The molecule has 0 aromatic heterocycles. The molecule has 0 aromatic rings. The molecule has 1 aliphatic carbocycles. The number of hydrogen-bond acceptors (Lipinski definition) is 3. The average Bonchev–Trinajstić information content (AvgIpc) is 2.98. The first-order valence-corrected chi connectivity index (χ1v) is 6.62. The predicted octanol–water partition coefficient (Wildman–Crippen LogP) is 0.679. The first-order chi connectivity index (χ1) is 7.90. The molecule has 1 saturated carbocycles. The molecule has 1 N–H and O–H groups in total. The molecule has 1 unspecified atom stereocenters. The van der Waals surface area contributed by atoms with Crippen molar-refractivity contribution in [1.29, 1.82) is 0 Å². The Morgan fingerprint density at radius 3 is 2.53 bits per heavy atom. The van der Waals surface area contributed by atoms with Crippen LogP contribution >= 0.6 is 0 Å². The lowest BCUT2D eigenvalue weighted by molar-refractivity contribution is -0.130. The van der Waals surface area contributed by atoms with E-state index < -0.39 is 0 Å². The molecule has 2 aliphatic rings. The fourth-order valence-corrected chi connectivity index (χ4v) is 2.19. The van der Waals surface area contributed by atoms with Gasteiger partial charge in [0.05, 0.1) is 6.04 Å². The number of carbonyl (C=O) groups excluding carboxylic acids is 1. The summed E-state index contributed by atoms with van der Waals surface area (Å²) in [5.41, 5.74) is 0.0458. The summed E-state index contributed by atoms with van der Waals surface area (Å²) in [6.07, 6.45) is 3.46. The van der Waals surface area contributed by atoms with Gasteiger partial charge in [-0.25, -0.2) is 0 Å². The van der Waals surface area contributed by atoms with Crippen molar-refractivity contribution in [1.82, 2.24) is 15.1 Å². The number of likely N-dealkylation sites (N-methyl/N-ethyl adjacent to an activating group) is 1. The number of rotatable bonds is 5. The first kappa shape index (κ1) is 12.8. The van der Waals surface area contributed by atoms with Crippen LogP contribution in [0.3, 0.4) is 0 Å². The van der Waals surface area contributed by atoms with E-state index in [-0.39, 0.29) is 11.6 Å². The van der Waals surface area contributed by atoms with Crippen molar-refractivity contribution in [3.8, 4) is 0 Å². The van der Waals surface area contributed by atoms with Gasteiger partial charge < -0.3 is 15.1 Å². The Hall–Kier alpha value is -0.610. The normalized spacial score (nSPS) is 26.1. The number of nitrogens with zero attached hydrogens (tertiary/aromatic N) is 2. The van der Waals surface area contributed by atoms with E-state index in [0.29, 0.717) is 11.9 Å². The summed E-state index contributed by atoms with van der Waals surface area (Å²) < 4.78 is 0. The molecule has 2 rings (SSSR count). The lowest BCUT2D eigenvalue weighted by Gasteiger charge is -2.36. The van der Waals surface area contributed by atoms with E-state index in [1.54, 1.807) is 0 Å². The number of likely N-dealkylation sites (tertiary alicyclic amines) is 1. The van der Waals surface area contributed by atoms with Crippen molar-refractivity contribution in [2.24, 2.45) is 0 Å². The van der Waals surface area contributed by atoms with Gasteiger partial charge in [-0.05, 0) is 47.2 Å². The van der Waals surface area contributed by atoms with Gasteiger partial charge in [0, 0.05) is 24.7 Å². The average molecular weight is 239 g/mol. The van der Waals surface area contributed by atoms with Gasteiger partial charge in [-0.2, -0.15) is 0 Å². The summed E-state index contributed by atoms with van der Waals surface area (Å²) in [4.78, 5) is 16.4. The van der Waals surface area contributed by atoms with Gasteiger partial charge in [0.1, 0.15) is 0 Å². The van der Waals surface area contributed by atoms with Crippen molar-refractivity contribution < 1.29 is 4.79 Å². The van der Waals surface area contributed by atoms with Gasteiger partial charge in [-0.1, -0.05) is 0 Å². The van der Waals surface area contributed by atoms with Gasteiger partial charge in [0.15, 0.2) is 0 Å². The Kier molecular flexibility index (Phi) is 3.46. The monoisotopic (exact) mass is 239 g/mol. The van der Waals surface area contributed by atoms with E-state index in [1.807, 2.05) is 4.90 Å². The van der Waals surface area contributed by atoms with E-state index in [1.165, 1.54) is 12.8 Å². The van der Waals surface area contributed by atoms with Crippen molar-refractivity contribution >= 4 is 5.91 Å². The zero-order valence-electron chi connectivity index (χ0n) is 11.5. The Morgan fingerprint density at radius 1 is 1.35 bits per heavy atom. The summed E-state index contributed by atoms with van der Waals surface area (Å²) in [5, 5.41) is 3.44. The Labute approximate surface area is 104 Å². The van der Waals surface area contributed by atoms with Crippen LogP contribution in [0.15, 0.2) is 0 Å². The quantitative estimate of drug-likeness (QED) is 0.766. The minimum Gasteiger partial charge on any atom is -0.339 e. The highest BCUT2D eigenvalue weighted by atomic mass is 16.2. The maximum Gasteiger partial charge on any atom is 0.239 e. The summed E-state index contributed by atoms with van der Waals surface area (Å²) in [6.45, 7) is 6.09. The lowest BCUT2D eigenvalue weighted by Crippen LogP contribution is -2.50. The standard InChI is InChI=1S/C13H25N3O/c1-13(2,15(3)4)9-16-8-7-11(12(16)17)14-10-5-6-10/h10-11,14H,5-9H2,1-4H3. The largest absolute Gasteiger partial charge is 0.339 e. The Balaban J connectivity index is 1.88. The number of hydrogen-bond donors (Lipinski definition) is 1. The minimum atomic E-state index is 0.0458. The summed E-state index contributed by atoms with van der Waals surface area (Å²) in [6, 6.07) is 0.700. The molecule has 0 radical (unpaired) electrons. The van der Waals surface area contributed by atoms with E-state index in [4.69, 9.17) is 0 Å². The van der Waals surface area contributed by atoms with Crippen LogP contribution in [0.2, 0.25) is 0 Å². The van der Waals surface area contributed by atoms with E-state index >= 15 is 0 Å². The summed E-state index contributed by atoms with van der Waals surface area (Å²) in [7, 11) is 4.14. The molecular weight excluding hydrogens is 214 g/mol. The molecule has 4 nitrogen and oxygen atoms in total. The van der Waals surface area contributed by atoms with E-state index in [2.05, 4.69) is 38.2 Å². The zero-order chi connectivity index (χ0) is 12.6. The maximum atomic E-state index is 12.2. The highest BCUT2D eigenvalue weighted by Crippen LogP contribution is 2.23. The number of nitrogens with one attached hydrogen (secondary N) is 1. The SMILES string of the molecule is CN(C)C(C)(C)CN1CCC(NC2CC2)C1=O. The highest BCUT2D eigenvalue weighted by Gasteiger charge is 2.37. The summed E-state index contributed by atoms with van der Waals surface area (Å²) >= 11 is 0. The summed E-state index contributed by atoms with van der Waals surface area (Å²) in [5.74, 6) is 0.298. The van der Waals surface area contributed by atoms with Gasteiger partial charge in [-0.15, -0.1) is 0 Å². The molecule has 0 spiro atoms. The second kappa shape index (κ2) is 4.58. The molecule has 2 fully saturated rings. The van der Waals surface area contributed by atoms with Crippen LogP contribution in [0.1, 0.15) is 33.1 Å². The van der Waals surface area contributed by atoms with Crippen LogP contribution < -0.4 is 5.32 Å². The van der Waals surface area contributed by atoms with E-state index in [9.17, 15) is 4.79 Å². The predicted molar refractivity (Wildman–Crippen MR) is 68.9 cm³/mol. The third-order valence-corrected chi connectivity index (χ3v) is 4.10.